The van der Waals surface area contributed by atoms with Crippen LogP contribution in [0.4, 0.5) is 4.39 Å². The minimum atomic E-state index is -0.356. The average Bonchev–Trinajstić information content (AvgIpc) is 2.83. The quantitative estimate of drug-likeness (QED) is 0.937. The van der Waals surface area contributed by atoms with Crippen molar-refractivity contribution in [1.29, 1.82) is 0 Å². The minimum Gasteiger partial charge on any atom is -0.485 e. The molecule has 0 aliphatic heterocycles. The predicted molar refractivity (Wildman–Crippen MR) is 78.7 cm³/mol. The summed E-state index contributed by atoms with van der Waals surface area (Å²) in [4.78, 5) is 4.19. The largest absolute Gasteiger partial charge is 0.485 e. The number of rotatable bonds is 4. The van der Waals surface area contributed by atoms with Gasteiger partial charge in [-0.05, 0) is 17.5 Å². The highest BCUT2D eigenvalue weighted by atomic mass is 35.5. The number of nitrogens with two attached hydrogens (primary N) is 1. The molecule has 1 heterocycles. The van der Waals surface area contributed by atoms with Crippen LogP contribution in [0.25, 0.3) is 0 Å². The van der Waals surface area contributed by atoms with Crippen molar-refractivity contribution in [1.82, 2.24) is 10.1 Å². The van der Waals surface area contributed by atoms with Gasteiger partial charge in [0.1, 0.15) is 11.6 Å². The summed E-state index contributed by atoms with van der Waals surface area (Å²) >= 11 is 0. The summed E-state index contributed by atoms with van der Waals surface area (Å²) in [6.07, 6.45) is 0. The van der Waals surface area contributed by atoms with E-state index in [1.54, 1.807) is 12.1 Å². The van der Waals surface area contributed by atoms with E-state index >= 15 is 0 Å². The van der Waals surface area contributed by atoms with Crippen molar-refractivity contribution in [3.05, 3.63) is 41.8 Å². The lowest BCUT2D eigenvalue weighted by molar-refractivity contribution is 0.249. The third kappa shape index (κ3) is 4.68. The van der Waals surface area contributed by atoms with Crippen LogP contribution < -0.4 is 10.5 Å². The van der Waals surface area contributed by atoms with E-state index in [0.29, 0.717) is 17.5 Å². The van der Waals surface area contributed by atoms with E-state index in [9.17, 15) is 4.39 Å². The number of benzene rings is 1. The topological polar surface area (TPSA) is 74.2 Å². The summed E-state index contributed by atoms with van der Waals surface area (Å²) in [6.45, 7) is 6.07. The standard InChI is InChI=1S/C14H18FN3O2.ClH/c1-14(2,3)12(16)13-17-11(18-20-13)8-19-10-6-4-5-9(15)7-10;/h4-7,12H,8,16H2,1-3H3;1H/t12-;/m1./s1. The van der Waals surface area contributed by atoms with Gasteiger partial charge in [-0.25, -0.2) is 4.39 Å². The van der Waals surface area contributed by atoms with E-state index in [4.69, 9.17) is 15.0 Å². The lowest BCUT2D eigenvalue weighted by Crippen LogP contribution is -2.26. The molecule has 0 fully saturated rings. The van der Waals surface area contributed by atoms with Crippen LogP contribution in [-0.2, 0) is 6.61 Å². The Hall–Kier alpha value is -1.66. The van der Waals surface area contributed by atoms with Gasteiger partial charge in [0.25, 0.3) is 0 Å². The SMILES string of the molecule is CC(C)(C)[C@H](N)c1nc(COc2cccc(F)c2)no1.Cl. The molecule has 0 saturated heterocycles. The summed E-state index contributed by atoms with van der Waals surface area (Å²) in [5.74, 6) is 0.807. The number of hydrogen-bond acceptors (Lipinski definition) is 5. The van der Waals surface area contributed by atoms with Crippen molar-refractivity contribution in [2.45, 2.75) is 33.4 Å². The number of ether oxygens (including phenoxy) is 1. The van der Waals surface area contributed by atoms with Gasteiger partial charge in [0.05, 0.1) is 6.04 Å². The van der Waals surface area contributed by atoms with Gasteiger partial charge in [-0.2, -0.15) is 4.98 Å². The highest BCUT2D eigenvalue weighted by Gasteiger charge is 2.27. The Balaban J connectivity index is 0.00000220. The monoisotopic (exact) mass is 315 g/mol. The van der Waals surface area contributed by atoms with Crippen molar-refractivity contribution >= 4 is 12.4 Å². The summed E-state index contributed by atoms with van der Waals surface area (Å²) < 4.78 is 23.5. The fraction of sp³-hybridized carbons (Fsp3) is 0.429. The second-order valence-corrected chi connectivity index (χ2v) is 5.64. The van der Waals surface area contributed by atoms with Crippen LogP contribution >= 0.6 is 12.4 Å². The van der Waals surface area contributed by atoms with Gasteiger partial charge in [-0.1, -0.05) is 32.0 Å². The molecule has 0 unspecified atom stereocenters. The van der Waals surface area contributed by atoms with Crippen LogP contribution in [0, 0.1) is 11.2 Å². The van der Waals surface area contributed by atoms with Crippen molar-refractivity contribution in [2.24, 2.45) is 11.1 Å². The Labute approximate surface area is 129 Å². The zero-order chi connectivity index (χ0) is 14.8. The van der Waals surface area contributed by atoms with Crippen molar-refractivity contribution in [3.63, 3.8) is 0 Å². The first-order chi connectivity index (χ1) is 9.36. The summed E-state index contributed by atoms with van der Waals surface area (Å²) in [5.41, 5.74) is 5.85. The van der Waals surface area contributed by atoms with Crippen molar-refractivity contribution in [3.8, 4) is 5.75 Å². The van der Waals surface area contributed by atoms with E-state index in [-0.39, 0.29) is 36.3 Å². The van der Waals surface area contributed by atoms with E-state index < -0.39 is 0 Å². The zero-order valence-corrected chi connectivity index (χ0v) is 13.0. The molecule has 2 N–H and O–H groups in total. The molecule has 5 nitrogen and oxygen atoms in total. The summed E-state index contributed by atoms with van der Waals surface area (Å²) in [5, 5.41) is 3.80. The molecule has 0 amide bonds. The fourth-order valence-electron chi connectivity index (χ4n) is 1.53. The number of nitrogens with zero attached hydrogens (tertiary/aromatic N) is 2. The van der Waals surface area contributed by atoms with Gasteiger partial charge in [-0.15, -0.1) is 12.4 Å². The molecule has 0 saturated carbocycles. The van der Waals surface area contributed by atoms with Crippen LogP contribution in [0.15, 0.2) is 28.8 Å². The fourth-order valence-corrected chi connectivity index (χ4v) is 1.53. The van der Waals surface area contributed by atoms with E-state index in [1.165, 1.54) is 12.1 Å². The van der Waals surface area contributed by atoms with Crippen LogP contribution in [0.2, 0.25) is 0 Å². The maximum Gasteiger partial charge on any atom is 0.244 e. The van der Waals surface area contributed by atoms with E-state index in [0.717, 1.165) is 0 Å². The lowest BCUT2D eigenvalue weighted by Gasteiger charge is -2.23. The number of aromatic nitrogens is 2. The molecule has 2 aromatic rings. The van der Waals surface area contributed by atoms with Crippen LogP contribution in [0.3, 0.4) is 0 Å². The molecule has 1 aromatic heterocycles. The first kappa shape index (κ1) is 17.4. The highest BCUT2D eigenvalue weighted by Crippen LogP contribution is 2.29. The molecule has 0 radical (unpaired) electrons. The Bertz CT molecular complexity index is 584. The second-order valence-electron chi connectivity index (χ2n) is 5.64. The zero-order valence-electron chi connectivity index (χ0n) is 12.2. The highest BCUT2D eigenvalue weighted by molar-refractivity contribution is 5.85. The van der Waals surface area contributed by atoms with Gasteiger partial charge < -0.3 is 15.0 Å². The maximum atomic E-state index is 13.0. The van der Waals surface area contributed by atoms with E-state index in [1.807, 2.05) is 20.8 Å². The van der Waals surface area contributed by atoms with Crippen molar-refractivity contribution in [2.75, 3.05) is 0 Å². The summed E-state index contributed by atoms with van der Waals surface area (Å²) in [6, 6.07) is 5.52. The molecule has 1 atom stereocenters. The molecule has 1 aromatic carbocycles. The average molecular weight is 316 g/mol. The molecule has 7 heteroatoms. The van der Waals surface area contributed by atoms with E-state index in [2.05, 4.69) is 10.1 Å². The maximum absolute atomic E-state index is 13.0. The Morgan fingerprint density at radius 3 is 2.71 bits per heavy atom. The van der Waals surface area contributed by atoms with Crippen LogP contribution in [0.5, 0.6) is 5.75 Å². The smallest absolute Gasteiger partial charge is 0.244 e. The number of halogens is 2. The molecular formula is C14H19ClFN3O2. The molecule has 0 spiro atoms. The Morgan fingerprint density at radius 1 is 1.38 bits per heavy atom. The predicted octanol–water partition coefficient (Wildman–Crippen LogP) is 3.26. The molecule has 116 valence electrons. The Morgan fingerprint density at radius 2 is 2.10 bits per heavy atom. The number of hydrogen-bond donors (Lipinski definition) is 1. The Kier molecular flexibility index (Phi) is 5.69. The molecular weight excluding hydrogens is 297 g/mol. The minimum absolute atomic E-state index is 0. The lowest BCUT2D eigenvalue weighted by atomic mass is 9.87. The molecule has 0 aliphatic rings. The van der Waals surface area contributed by atoms with Gasteiger partial charge in [0.2, 0.25) is 11.7 Å². The molecule has 0 bridgehead atoms. The third-order valence-electron chi connectivity index (χ3n) is 2.85. The normalized spacial score (nSPS) is 12.6. The molecule has 21 heavy (non-hydrogen) atoms. The first-order valence-electron chi connectivity index (χ1n) is 6.32. The van der Waals surface area contributed by atoms with Crippen LogP contribution in [-0.4, -0.2) is 10.1 Å². The van der Waals surface area contributed by atoms with Gasteiger partial charge in [0, 0.05) is 6.07 Å². The van der Waals surface area contributed by atoms with Gasteiger partial charge in [0.15, 0.2) is 6.61 Å². The van der Waals surface area contributed by atoms with Crippen molar-refractivity contribution < 1.29 is 13.7 Å². The van der Waals surface area contributed by atoms with Gasteiger partial charge in [-0.3, -0.25) is 0 Å². The summed E-state index contributed by atoms with van der Waals surface area (Å²) in [7, 11) is 0. The molecule has 0 aliphatic carbocycles. The third-order valence-corrected chi connectivity index (χ3v) is 2.85. The van der Waals surface area contributed by atoms with Gasteiger partial charge >= 0.3 is 0 Å². The molecule has 2 rings (SSSR count). The van der Waals surface area contributed by atoms with Crippen LogP contribution in [0.1, 0.15) is 38.5 Å². The second kappa shape index (κ2) is 6.87. The first-order valence-corrected chi connectivity index (χ1v) is 6.32.